The van der Waals surface area contributed by atoms with Crippen LogP contribution in [0.2, 0.25) is 0 Å². The molecule has 27 heavy (non-hydrogen) atoms. The number of carbonyl (C=O) groups is 2. The molecule has 2 amide bonds. The second-order valence-electron chi connectivity index (χ2n) is 7.80. The first-order valence-electron chi connectivity index (χ1n) is 9.38. The molecule has 1 aliphatic rings. The summed E-state index contributed by atoms with van der Waals surface area (Å²) in [6.07, 6.45) is 0. The van der Waals surface area contributed by atoms with Crippen molar-refractivity contribution < 1.29 is 18.7 Å². The minimum Gasteiger partial charge on any atom is -0.379 e. The van der Waals surface area contributed by atoms with Crippen molar-refractivity contribution >= 4 is 11.8 Å². The van der Waals surface area contributed by atoms with Crippen LogP contribution in [0, 0.1) is 11.7 Å². The van der Waals surface area contributed by atoms with Gasteiger partial charge in [-0.05, 0) is 31.9 Å². The maximum atomic E-state index is 13.8. The fourth-order valence-electron chi connectivity index (χ4n) is 3.09. The Morgan fingerprint density at radius 3 is 2.44 bits per heavy atom. The van der Waals surface area contributed by atoms with E-state index in [1.54, 1.807) is 6.07 Å². The number of carbonyl (C=O) groups excluding carboxylic acids is 2. The fourth-order valence-corrected chi connectivity index (χ4v) is 3.09. The van der Waals surface area contributed by atoms with Crippen molar-refractivity contribution in [3.05, 3.63) is 35.6 Å². The van der Waals surface area contributed by atoms with Crippen molar-refractivity contribution in [2.75, 3.05) is 32.8 Å². The SMILES string of the molecule is CC(C)C(NC(=O)c1ccccc1F)C(=O)NCC(C)(C)N1CCOCC1. The third-order valence-corrected chi connectivity index (χ3v) is 4.92. The van der Waals surface area contributed by atoms with Gasteiger partial charge in [0.25, 0.3) is 5.91 Å². The molecule has 0 saturated carbocycles. The minimum absolute atomic E-state index is 0.0652. The van der Waals surface area contributed by atoms with Crippen LogP contribution in [-0.4, -0.2) is 61.1 Å². The standard InChI is InChI=1S/C20H30FN3O3/c1-14(2)17(23-18(25)15-7-5-6-8-16(15)21)19(26)22-13-20(3,4)24-9-11-27-12-10-24/h5-8,14,17H,9-13H2,1-4H3,(H,22,26)(H,23,25). The molecule has 0 radical (unpaired) electrons. The highest BCUT2D eigenvalue weighted by Crippen LogP contribution is 2.15. The Morgan fingerprint density at radius 2 is 1.85 bits per heavy atom. The molecule has 150 valence electrons. The van der Waals surface area contributed by atoms with E-state index in [0.717, 1.165) is 13.1 Å². The Labute approximate surface area is 160 Å². The quantitative estimate of drug-likeness (QED) is 0.758. The smallest absolute Gasteiger partial charge is 0.254 e. The third-order valence-electron chi connectivity index (χ3n) is 4.92. The van der Waals surface area contributed by atoms with Crippen molar-refractivity contribution in [1.82, 2.24) is 15.5 Å². The minimum atomic E-state index is -0.738. The fraction of sp³-hybridized carbons (Fsp3) is 0.600. The molecule has 1 aliphatic heterocycles. The van der Waals surface area contributed by atoms with Gasteiger partial charge in [-0.3, -0.25) is 14.5 Å². The van der Waals surface area contributed by atoms with E-state index in [4.69, 9.17) is 4.74 Å². The Morgan fingerprint density at radius 1 is 1.22 bits per heavy atom. The summed E-state index contributed by atoms with van der Waals surface area (Å²) < 4.78 is 19.2. The molecule has 1 saturated heterocycles. The Bertz CT molecular complexity index is 658. The summed E-state index contributed by atoms with van der Waals surface area (Å²) in [5.74, 6) is -1.59. The molecule has 0 aromatic heterocycles. The number of hydrogen-bond acceptors (Lipinski definition) is 4. The summed E-state index contributed by atoms with van der Waals surface area (Å²) in [5, 5.41) is 5.61. The number of halogens is 1. The molecule has 1 aromatic carbocycles. The highest BCUT2D eigenvalue weighted by Gasteiger charge is 2.31. The molecule has 0 bridgehead atoms. The van der Waals surface area contributed by atoms with Crippen molar-refractivity contribution in [2.24, 2.45) is 5.92 Å². The van der Waals surface area contributed by atoms with Crippen LogP contribution in [0.25, 0.3) is 0 Å². The number of morpholine rings is 1. The second-order valence-corrected chi connectivity index (χ2v) is 7.80. The Hall–Kier alpha value is -1.99. The van der Waals surface area contributed by atoms with Crippen molar-refractivity contribution in [3.63, 3.8) is 0 Å². The predicted molar refractivity (Wildman–Crippen MR) is 102 cm³/mol. The second kappa shape index (κ2) is 9.28. The van der Waals surface area contributed by atoms with E-state index in [-0.39, 0.29) is 22.9 Å². The third kappa shape index (κ3) is 5.74. The number of ether oxygens (including phenoxy) is 1. The van der Waals surface area contributed by atoms with E-state index >= 15 is 0 Å². The number of amides is 2. The summed E-state index contributed by atoms with van der Waals surface area (Å²) >= 11 is 0. The zero-order valence-electron chi connectivity index (χ0n) is 16.5. The molecule has 0 spiro atoms. The van der Waals surface area contributed by atoms with Crippen LogP contribution in [-0.2, 0) is 9.53 Å². The van der Waals surface area contributed by atoms with Crippen LogP contribution in [0.15, 0.2) is 24.3 Å². The van der Waals surface area contributed by atoms with E-state index in [2.05, 4.69) is 29.4 Å². The van der Waals surface area contributed by atoms with Crippen LogP contribution in [0.5, 0.6) is 0 Å². The van der Waals surface area contributed by atoms with E-state index in [1.165, 1.54) is 18.2 Å². The van der Waals surface area contributed by atoms with Gasteiger partial charge in [0.05, 0.1) is 18.8 Å². The van der Waals surface area contributed by atoms with Crippen molar-refractivity contribution in [3.8, 4) is 0 Å². The Kier molecular flexibility index (Phi) is 7.33. The van der Waals surface area contributed by atoms with Gasteiger partial charge in [0.15, 0.2) is 0 Å². The molecule has 0 aliphatic carbocycles. The first-order valence-corrected chi connectivity index (χ1v) is 9.38. The van der Waals surface area contributed by atoms with Crippen LogP contribution in [0.3, 0.4) is 0 Å². The molecular formula is C20H30FN3O3. The number of hydrogen-bond donors (Lipinski definition) is 2. The average molecular weight is 379 g/mol. The first kappa shape index (κ1) is 21.3. The monoisotopic (exact) mass is 379 g/mol. The first-order chi connectivity index (χ1) is 12.7. The van der Waals surface area contributed by atoms with Crippen LogP contribution in [0.1, 0.15) is 38.1 Å². The van der Waals surface area contributed by atoms with E-state index in [0.29, 0.717) is 19.8 Å². The molecule has 2 rings (SSSR count). The summed E-state index contributed by atoms with van der Waals surface area (Å²) in [4.78, 5) is 27.4. The van der Waals surface area contributed by atoms with Gasteiger partial charge in [0.2, 0.25) is 5.91 Å². The number of nitrogens with zero attached hydrogens (tertiary/aromatic N) is 1. The summed E-state index contributed by atoms with van der Waals surface area (Å²) in [6, 6.07) is 5.00. The summed E-state index contributed by atoms with van der Waals surface area (Å²) in [5.41, 5.74) is -0.291. The summed E-state index contributed by atoms with van der Waals surface area (Å²) in [6.45, 7) is 11.3. The molecule has 1 fully saturated rings. The van der Waals surface area contributed by atoms with Crippen LogP contribution in [0.4, 0.5) is 4.39 Å². The van der Waals surface area contributed by atoms with E-state index in [1.807, 2.05) is 13.8 Å². The molecule has 6 nitrogen and oxygen atoms in total. The van der Waals surface area contributed by atoms with Crippen LogP contribution >= 0.6 is 0 Å². The lowest BCUT2D eigenvalue weighted by Crippen LogP contribution is -2.58. The highest BCUT2D eigenvalue weighted by molar-refractivity contribution is 5.97. The predicted octanol–water partition coefficient (Wildman–Crippen LogP) is 1.81. The lowest BCUT2D eigenvalue weighted by Gasteiger charge is -2.41. The molecule has 1 heterocycles. The molecular weight excluding hydrogens is 349 g/mol. The Balaban J connectivity index is 1.98. The van der Waals surface area contributed by atoms with Gasteiger partial charge in [-0.2, -0.15) is 0 Å². The maximum absolute atomic E-state index is 13.8. The molecule has 1 unspecified atom stereocenters. The zero-order valence-corrected chi connectivity index (χ0v) is 16.5. The van der Waals surface area contributed by atoms with Gasteiger partial charge in [-0.15, -0.1) is 0 Å². The number of nitrogens with one attached hydrogen (secondary N) is 2. The zero-order chi connectivity index (χ0) is 20.0. The maximum Gasteiger partial charge on any atom is 0.254 e. The summed E-state index contributed by atoms with van der Waals surface area (Å²) in [7, 11) is 0. The van der Waals surface area contributed by atoms with Gasteiger partial charge in [0, 0.05) is 25.2 Å². The lowest BCUT2D eigenvalue weighted by atomic mass is 9.99. The largest absolute Gasteiger partial charge is 0.379 e. The van der Waals surface area contributed by atoms with Gasteiger partial charge in [0.1, 0.15) is 11.9 Å². The van der Waals surface area contributed by atoms with Gasteiger partial charge in [-0.1, -0.05) is 26.0 Å². The number of rotatable bonds is 7. The topological polar surface area (TPSA) is 70.7 Å². The average Bonchev–Trinajstić information content (AvgIpc) is 2.65. The van der Waals surface area contributed by atoms with Crippen molar-refractivity contribution in [1.29, 1.82) is 0 Å². The number of benzene rings is 1. The van der Waals surface area contributed by atoms with Gasteiger partial charge in [-0.25, -0.2) is 4.39 Å². The molecule has 1 aromatic rings. The van der Waals surface area contributed by atoms with Gasteiger partial charge >= 0.3 is 0 Å². The van der Waals surface area contributed by atoms with Crippen LogP contribution < -0.4 is 10.6 Å². The lowest BCUT2D eigenvalue weighted by molar-refractivity contribution is -0.124. The van der Waals surface area contributed by atoms with Gasteiger partial charge < -0.3 is 15.4 Å². The molecule has 1 atom stereocenters. The molecule has 7 heteroatoms. The highest BCUT2D eigenvalue weighted by atomic mass is 19.1. The van der Waals surface area contributed by atoms with E-state index in [9.17, 15) is 14.0 Å². The normalized spacial score (nSPS) is 16.8. The molecule has 2 N–H and O–H groups in total. The van der Waals surface area contributed by atoms with E-state index < -0.39 is 17.8 Å². The van der Waals surface area contributed by atoms with Crippen molar-refractivity contribution in [2.45, 2.75) is 39.3 Å².